The summed E-state index contributed by atoms with van der Waals surface area (Å²) < 4.78 is 2.02. The number of allylic oxidation sites excluding steroid dienone is 2. The van der Waals surface area contributed by atoms with Gasteiger partial charge in [-0.05, 0) is 44.6 Å². The molecule has 4 nitrogen and oxygen atoms in total. The summed E-state index contributed by atoms with van der Waals surface area (Å²) in [5, 5.41) is 7.50. The second kappa shape index (κ2) is 6.73. The van der Waals surface area contributed by atoms with Gasteiger partial charge in [0.15, 0.2) is 0 Å². The Hall–Kier alpha value is -1.58. The number of amides is 1. The summed E-state index contributed by atoms with van der Waals surface area (Å²) >= 11 is 0. The molecule has 110 valence electrons. The first-order chi connectivity index (χ1) is 9.54. The third-order valence-corrected chi connectivity index (χ3v) is 3.80. The zero-order chi connectivity index (χ0) is 14.5. The molecule has 0 saturated carbocycles. The molecule has 1 aromatic heterocycles. The minimum absolute atomic E-state index is 0.168. The van der Waals surface area contributed by atoms with Gasteiger partial charge in [0.1, 0.15) is 0 Å². The average Bonchev–Trinajstić information content (AvgIpc) is 2.98. The Kier molecular flexibility index (Phi) is 4.99. The van der Waals surface area contributed by atoms with Gasteiger partial charge < -0.3 is 5.32 Å². The van der Waals surface area contributed by atoms with Crippen molar-refractivity contribution in [3.63, 3.8) is 0 Å². The van der Waals surface area contributed by atoms with E-state index in [1.807, 2.05) is 11.6 Å². The van der Waals surface area contributed by atoms with Gasteiger partial charge in [-0.2, -0.15) is 5.10 Å². The molecular formula is C16H25N3O. The monoisotopic (exact) mass is 275 g/mol. The smallest absolute Gasteiger partial charge is 0.220 e. The minimum Gasteiger partial charge on any atom is -0.356 e. The second-order valence-corrected chi connectivity index (χ2v) is 5.99. The van der Waals surface area contributed by atoms with Crippen LogP contribution in [0.1, 0.15) is 37.6 Å². The van der Waals surface area contributed by atoms with E-state index in [4.69, 9.17) is 0 Å². The molecule has 1 heterocycles. The molecule has 4 heteroatoms. The molecule has 0 aliphatic heterocycles. The average molecular weight is 275 g/mol. The molecule has 1 N–H and O–H groups in total. The first-order valence-corrected chi connectivity index (χ1v) is 7.49. The zero-order valence-electron chi connectivity index (χ0n) is 12.7. The predicted molar refractivity (Wildman–Crippen MR) is 80.4 cm³/mol. The minimum atomic E-state index is 0.168. The number of carbonyl (C=O) groups is 1. The van der Waals surface area contributed by atoms with E-state index in [1.165, 1.54) is 5.69 Å². The molecule has 0 bridgehead atoms. The van der Waals surface area contributed by atoms with Crippen molar-refractivity contribution in [3.05, 3.63) is 29.6 Å². The largest absolute Gasteiger partial charge is 0.356 e. The highest BCUT2D eigenvalue weighted by Crippen LogP contribution is 2.19. The van der Waals surface area contributed by atoms with Gasteiger partial charge in [-0.15, -0.1) is 0 Å². The van der Waals surface area contributed by atoms with Crippen LogP contribution < -0.4 is 5.32 Å². The third-order valence-electron chi connectivity index (χ3n) is 3.80. The molecule has 2 rings (SSSR count). The number of carbonyl (C=O) groups excluding carboxylic acids is 1. The molecule has 20 heavy (non-hydrogen) atoms. The van der Waals surface area contributed by atoms with E-state index in [0.717, 1.165) is 25.1 Å². The molecule has 1 aromatic rings. The highest BCUT2D eigenvalue weighted by molar-refractivity contribution is 5.76. The molecule has 0 spiro atoms. The fourth-order valence-electron chi connectivity index (χ4n) is 2.68. The van der Waals surface area contributed by atoms with Gasteiger partial charge in [-0.1, -0.05) is 19.1 Å². The molecule has 0 saturated heterocycles. The number of nitrogens with zero attached hydrogens (tertiary/aromatic N) is 2. The SMILES string of the molecule is Cc1cc(C)n(C[C@@H](C)CNC(=O)C[C@H]2C=CCC2)n1. The van der Waals surface area contributed by atoms with Crippen LogP contribution in [0.4, 0.5) is 0 Å². The Bertz CT molecular complexity index is 490. The summed E-state index contributed by atoms with van der Waals surface area (Å²) in [5.74, 6) is 0.999. The lowest BCUT2D eigenvalue weighted by Gasteiger charge is -2.15. The Labute approximate surface area is 121 Å². The molecule has 1 amide bonds. The number of rotatable bonds is 6. The molecule has 2 atom stereocenters. The van der Waals surface area contributed by atoms with Gasteiger partial charge in [0, 0.05) is 25.2 Å². The van der Waals surface area contributed by atoms with Crippen LogP contribution >= 0.6 is 0 Å². The maximum Gasteiger partial charge on any atom is 0.220 e. The van der Waals surface area contributed by atoms with Crippen LogP contribution in [0.2, 0.25) is 0 Å². The van der Waals surface area contributed by atoms with Crippen molar-refractivity contribution >= 4 is 5.91 Å². The molecular weight excluding hydrogens is 250 g/mol. The first kappa shape index (κ1) is 14.8. The summed E-state index contributed by atoms with van der Waals surface area (Å²) in [6.07, 6.45) is 7.20. The Morgan fingerprint density at radius 2 is 2.35 bits per heavy atom. The van der Waals surface area contributed by atoms with Crippen LogP contribution in [-0.2, 0) is 11.3 Å². The topological polar surface area (TPSA) is 46.9 Å². The number of nitrogens with one attached hydrogen (secondary N) is 1. The Morgan fingerprint density at radius 1 is 1.55 bits per heavy atom. The fraction of sp³-hybridized carbons (Fsp3) is 0.625. The summed E-state index contributed by atoms with van der Waals surface area (Å²) in [5.41, 5.74) is 2.23. The van der Waals surface area contributed by atoms with Gasteiger partial charge >= 0.3 is 0 Å². The number of hydrogen-bond acceptors (Lipinski definition) is 2. The van der Waals surface area contributed by atoms with E-state index in [2.05, 4.69) is 42.5 Å². The lowest BCUT2D eigenvalue weighted by molar-refractivity contribution is -0.121. The van der Waals surface area contributed by atoms with E-state index in [-0.39, 0.29) is 5.91 Å². The van der Waals surface area contributed by atoms with E-state index < -0.39 is 0 Å². The van der Waals surface area contributed by atoms with Crippen molar-refractivity contribution in [2.45, 2.75) is 46.6 Å². The first-order valence-electron chi connectivity index (χ1n) is 7.49. The molecule has 0 unspecified atom stereocenters. The zero-order valence-corrected chi connectivity index (χ0v) is 12.7. The van der Waals surface area contributed by atoms with Gasteiger partial charge in [-0.25, -0.2) is 0 Å². The van der Waals surface area contributed by atoms with Crippen molar-refractivity contribution in [2.75, 3.05) is 6.54 Å². The second-order valence-electron chi connectivity index (χ2n) is 5.99. The number of aryl methyl sites for hydroxylation is 2. The summed E-state index contributed by atoms with van der Waals surface area (Å²) in [6.45, 7) is 7.78. The summed E-state index contributed by atoms with van der Waals surface area (Å²) in [7, 11) is 0. The molecule has 0 fully saturated rings. The molecule has 0 aromatic carbocycles. The van der Waals surface area contributed by atoms with Crippen molar-refractivity contribution in [2.24, 2.45) is 11.8 Å². The number of aromatic nitrogens is 2. The Morgan fingerprint density at radius 3 is 2.95 bits per heavy atom. The van der Waals surface area contributed by atoms with Gasteiger partial charge in [0.2, 0.25) is 5.91 Å². The highest BCUT2D eigenvalue weighted by atomic mass is 16.1. The fourth-order valence-corrected chi connectivity index (χ4v) is 2.68. The lowest BCUT2D eigenvalue weighted by atomic mass is 10.0. The Balaban J connectivity index is 1.71. The van der Waals surface area contributed by atoms with Gasteiger partial charge in [0.25, 0.3) is 0 Å². The summed E-state index contributed by atoms with van der Waals surface area (Å²) in [4.78, 5) is 11.9. The quantitative estimate of drug-likeness (QED) is 0.811. The van der Waals surface area contributed by atoms with Crippen molar-refractivity contribution in [3.8, 4) is 0 Å². The lowest BCUT2D eigenvalue weighted by Crippen LogP contribution is -2.31. The maximum atomic E-state index is 11.9. The van der Waals surface area contributed by atoms with Crippen LogP contribution in [-0.4, -0.2) is 22.2 Å². The van der Waals surface area contributed by atoms with E-state index in [0.29, 0.717) is 24.8 Å². The van der Waals surface area contributed by atoms with E-state index in [9.17, 15) is 4.79 Å². The van der Waals surface area contributed by atoms with Crippen LogP contribution in [0.25, 0.3) is 0 Å². The van der Waals surface area contributed by atoms with Gasteiger partial charge in [0.05, 0.1) is 5.69 Å². The van der Waals surface area contributed by atoms with E-state index in [1.54, 1.807) is 0 Å². The highest BCUT2D eigenvalue weighted by Gasteiger charge is 2.14. The standard InChI is InChI=1S/C16H25N3O/c1-12(11-19-14(3)8-13(2)18-19)10-17-16(20)9-15-6-4-5-7-15/h4,6,8,12,15H,5,7,9-11H2,1-3H3,(H,17,20)/t12-,15-/m0/s1. The number of hydrogen-bond donors (Lipinski definition) is 1. The predicted octanol–water partition coefficient (Wildman–Crippen LogP) is 2.61. The van der Waals surface area contributed by atoms with Crippen LogP contribution in [0.3, 0.4) is 0 Å². The normalized spacial score (nSPS) is 19.2. The van der Waals surface area contributed by atoms with E-state index >= 15 is 0 Å². The van der Waals surface area contributed by atoms with Crippen LogP contribution in [0.15, 0.2) is 18.2 Å². The van der Waals surface area contributed by atoms with Crippen LogP contribution in [0, 0.1) is 25.7 Å². The maximum absolute atomic E-state index is 11.9. The third kappa shape index (κ3) is 4.22. The van der Waals surface area contributed by atoms with Crippen molar-refractivity contribution in [1.29, 1.82) is 0 Å². The molecule has 0 radical (unpaired) electrons. The molecule has 1 aliphatic rings. The van der Waals surface area contributed by atoms with Crippen molar-refractivity contribution < 1.29 is 4.79 Å². The van der Waals surface area contributed by atoms with Crippen LogP contribution in [0.5, 0.6) is 0 Å². The van der Waals surface area contributed by atoms with Crippen molar-refractivity contribution in [1.82, 2.24) is 15.1 Å². The molecule has 1 aliphatic carbocycles. The summed E-state index contributed by atoms with van der Waals surface area (Å²) in [6, 6.07) is 2.08. The van der Waals surface area contributed by atoms with Gasteiger partial charge in [-0.3, -0.25) is 9.48 Å².